The van der Waals surface area contributed by atoms with Crippen LogP contribution >= 0.6 is 0 Å². The molecule has 1 atom stereocenters. The molecule has 0 aromatic heterocycles. The number of alkyl carbamates (subject to hydrolysis) is 1. The standard InChI is InChI=1S/C15H25NO4/c17-14(18)13(11-7-3-1-4-8-11)16-15(19)20-12-9-5-2-6-10-12/h11-13H,1-10H2,(H,16,19)(H,17,18). The lowest BCUT2D eigenvalue weighted by Gasteiger charge is -2.29. The highest BCUT2D eigenvalue weighted by Crippen LogP contribution is 2.27. The number of amides is 1. The van der Waals surface area contributed by atoms with E-state index in [1.54, 1.807) is 0 Å². The number of ether oxygens (including phenoxy) is 1. The maximum absolute atomic E-state index is 11.9. The first-order valence-electron chi connectivity index (χ1n) is 7.87. The van der Waals surface area contributed by atoms with Crippen molar-refractivity contribution in [3.05, 3.63) is 0 Å². The van der Waals surface area contributed by atoms with Gasteiger partial charge in [-0.05, 0) is 44.4 Å². The molecule has 1 amide bonds. The SMILES string of the molecule is O=C(NC(C(=O)O)C1CCCCC1)OC1CCCCC1. The van der Waals surface area contributed by atoms with Crippen molar-refractivity contribution >= 4 is 12.1 Å². The number of hydrogen-bond acceptors (Lipinski definition) is 3. The second-order valence-electron chi connectivity index (χ2n) is 6.02. The molecule has 2 N–H and O–H groups in total. The predicted molar refractivity (Wildman–Crippen MR) is 74.5 cm³/mol. The fourth-order valence-electron chi connectivity index (χ4n) is 3.34. The molecule has 114 valence electrons. The molecule has 0 aromatic rings. The first kappa shape index (κ1) is 15.1. The number of hydrogen-bond donors (Lipinski definition) is 2. The number of carboxylic acids is 1. The van der Waals surface area contributed by atoms with Crippen LogP contribution in [0.2, 0.25) is 0 Å². The summed E-state index contributed by atoms with van der Waals surface area (Å²) < 4.78 is 5.35. The van der Waals surface area contributed by atoms with E-state index in [1.807, 2.05) is 0 Å². The highest BCUT2D eigenvalue weighted by atomic mass is 16.6. The van der Waals surface area contributed by atoms with Crippen molar-refractivity contribution in [2.24, 2.45) is 5.92 Å². The summed E-state index contributed by atoms with van der Waals surface area (Å²) in [4.78, 5) is 23.2. The number of carbonyl (C=O) groups is 2. The van der Waals surface area contributed by atoms with E-state index in [0.717, 1.165) is 57.8 Å². The lowest BCUT2D eigenvalue weighted by Crippen LogP contribution is -2.47. The highest BCUT2D eigenvalue weighted by Gasteiger charge is 2.31. The summed E-state index contributed by atoms with van der Waals surface area (Å²) in [5, 5.41) is 11.9. The number of carbonyl (C=O) groups excluding carboxylic acids is 1. The molecule has 2 fully saturated rings. The van der Waals surface area contributed by atoms with Crippen molar-refractivity contribution in [3.8, 4) is 0 Å². The van der Waals surface area contributed by atoms with Gasteiger partial charge in [0.05, 0.1) is 0 Å². The summed E-state index contributed by atoms with van der Waals surface area (Å²) in [6.07, 6.45) is 9.58. The summed E-state index contributed by atoms with van der Waals surface area (Å²) in [5.74, 6) is -0.905. The Morgan fingerprint density at radius 3 is 2.05 bits per heavy atom. The van der Waals surface area contributed by atoms with Gasteiger partial charge in [0, 0.05) is 0 Å². The lowest BCUT2D eigenvalue weighted by molar-refractivity contribution is -0.141. The van der Waals surface area contributed by atoms with Crippen LogP contribution in [0.25, 0.3) is 0 Å². The van der Waals surface area contributed by atoms with E-state index in [4.69, 9.17) is 4.74 Å². The van der Waals surface area contributed by atoms with Gasteiger partial charge in [0.2, 0.25) is 0 Å². The second kappa shape index (κ2) is 7.50. The van der Waals surface area contributed by atoms with Gasteiger partial charge >= 0.3 is 12.1 Å². The summed E-state index contributed by atoms with van der Waals surface area (Å²) in [6, 6.07) is -0.800. The molecular formula is C15H25NO4. The van der Waals surface area contributed by atoms with Crippen molar-refractivity contribution < 1.29 is 19.4 Å². The van der Waals surface area contributed by atoms with Crippen LogP contribution in [0.4, 0.5) is 4.79 Å². The summed E-state index contributed by atoms with van der Waals surface area (Å²) in [5.41, 5.74) is 0. The Kier molecular flexibility index (Phi) is 5.68. The molecule has 0 heterocycles. The van der Waals surface area contributed by atoms with Crippen molar-refractivity contribution in [1.29, 1.82) is 0 Å². The maximum Gasteiger partial charge on any atom is 0.408 e. The molecule has 0 spiro atoms. The average molecular weight is 283 g/mol. The van der Waals surface area contributed by atoms with Gasteiger partial charge in [-0.3, -0.25) is 0 Å². The van der Waals surface area contributed by atoms with E-state index in [1.165, 1.54) is 6.42 Å². The van der Waals surface area contributed by atoms with Crippen LogP contribution < -0.4 is 5.32 Å². The predicted octanol–water partition coefficient (Wildman–Crippen LogP) is 3.08. The smallest absolute Gasteiger partial charge is 0.408 e. The normalized spacial score (nSPS) is 23.0. The van der Waals surface area contributed by atoms with E-state index >= 15 is 0 Å². The molecule has 2 saturated carbocycles. The minimum absolute atomic E-state index is 0.0375. The van der Waals surface area contributed by atoms with Gasteiger partial charge in [0.1, 0.15) is 12.1 Å². The minimum atomic E-state index is -0.947. The fraction of sp³-hybridized carbons (Fsp3) is 0.867. The summed E-state index contributed by atoms with van der Waals surface area (Å²) in [7, 11) is 0. The molecule has 0 saturated heterocycles. The Bertz CT molecular complexity index is 333. The molecule has 5 nitrogen and oxygen atoms in total. The Morgan fingerprint density at radius 1 is 0.950 bits per heavy atom. The van der Waals surface area contributed by atoms with E-state index in [9.17, 15) is 14.7 Å². The second-order valence-corrected chi connectivity index (χ2v) is 6.02. The molecule has 20 heavy (non-hydrogen) atoms. The Morgan fingerprint density at radius 2 is 1.50 bits per heavy atom. The maximum atomic E-state index is 11.9. The number of rotatable bonds is 4. The Balaban J connectivity index is 1.83. The molecule has 0 aromatic carbocycles. The van der Waals surface area contributed by atoms with E-state index in [0.29, 0.717) is 0 Å². The van der Waals surface area contributed by atoms with Crippen LogP contribution in [0.3, 0.4) is 0 Å². The molecule has 2 rings (SSSR count). The fourth-order valence-corrected chi connectivity index (χ4v) is 3.34. The molecule has 0 aliphatic heterocycles. The third-order valence-corrected chi connectivity index (χ3v) is 4.49. The summed E-state index contributed by atoms with van der Waals surface area (Å²) in [6.45, 7) is 0. The first-order valence-corrected chi connectivity index (χ1v) is 7.87. The first-order chi connectivity index (χ1) is 9.66. The minimum Gasteiger partial charge on any atom is -0.480 e. The zero-order valence-electron chi connectivity index (χ0n) is 12.0. The van der Waals surface area contributed by atoms with E-state index in [2.05, 4.69) is 5.32 Å². The van der Waals surface area contributed by atoms with Crippen LogP contribution in [0.5, 0.6) is 0 Å². The van der Waals surface area contributed by atoms with Gasteiger partial charge in [0.15, 0.2) is 0 Å². The molecule has 1 unspecified atom stereocenters. The quantitative estimate of drug-likeness (QED) is 0.831. The van der Waals surface area contributed by atoms with Crippen molar-refractivity contribution in [3.63, 3.8) is 0 Å². The number of aliphatic carboxylic acids is 1. The van der Waals surface area contributed by atoms with Gasteiger partial charge < -0.3 is 15.2 Å². The van der Waals surface area contributed by atoms with Gasteiger partial charge in [-0.2, -0.15) is 0 Å². The van der Waals surface area contributed by atoms with Crippen molar-refractivity contribution in [2.45, 2.75) is 76.4 Å². The van der Waals surface area contributed by atoms with Crippen molar-refractivity contribution in [1.82, 2.24) is 5.32 Å². The van der Waals surface area contributed by atoms with Gasteiger partial charge in [-0.1, -0.05) is 25.7 Å². The molecule has 2 aliphatic carbocycles. The van der Waals surface area contributed by atoms with Gasteiger partial charge in [-0.25, -0.2) is 9.59 Å². The van der Waals surface area contributed by atoms with Gasteiger partial charge in [-0.15, -0.1) is 0 Å². The van der Waals surface area contributed by atoms with E-state index in [-0.39, 0.29) is 12.0 Å². The largest absolute Gasteiger partial charge is 0.480 e. The zero-order chi connectivity index (χ0) is 14.4. The van der Waals surface area contributed by atoms with Gasteiger partial charge in [0.25, 0.3) is 0 Å². The van der Waals surface area contributed by atoms with Crippen LogP contribution in [-0.2, 0) is 9.53 Å². The molecular weight excluding hydrogens is 258 g/mol. The highest BCUT2D eigenvalue weighted by molar-refractivity contribution is 5.80. The molecule has 0 bridgehead atoms. The Hall–Kier alpha value is -1.26. The molecule has 2 aliphatic rings. The van der Waals surface area contributed by atoms with Crippen molar-refractivity contribution in [2.75, 3.05) is 0 Å². The topological polar surface area (TPSA) is 75.6 Å². The third-order valence-electron chi connectivity index (χ3n) is 4.49. The number of carboxylic acid groups (broad SMARTS) is 1. The summed E-state index contributed by atoms with van der Waals surface area (Å²) >= 11 is 0. The average Bonchev–Trinajstić information content (AvgIpc) is 2.46. The Labute approximate surface area is 120 Å². The van der Waals surface area contributed by atoms with Crippen LogP contribution in [0, 0.1) is 5.92 Å². The van der Waals surface area contributed by atoms with Crippen LogP contribution in [-0.4, -0.2) is 29.3 Å². The third kappa shape index (κ3) is 4.39. The van der Waals surface area contributed by atoms with Crippen LogP contribution in [0.15, 0.2) is 0 Å². The monoisotopic (exact) mass is 283 g/mol. The van der Waals surface area contributed by atoms with Crippen LogP contribution in [0.1, 0.15) is 64.2 Å². The molecule has 0 radical (unpaired) electrons. The zero-order valence-corrected chi connectivity index (χ0v) is 12.0. The number of nitrogens with one attached hydrogen (secondary N) is 1. The van der Waals surface area contributed by atoms with E-state index < -0.39 is 18.1 Å². The molecule has 5 heteroatoms. The lowest BCUT2D eigenvalue weighted by atomic mass is 9.84.